The summed E-state index contributed by atoms with van der Waals surface area (Å²) >= 11 is 0. The number of esters is 1. The summed E-state index contributed by atoms with van der Waals surface area (Å²) < 4.78 is 15.1. The van der Waals surface area contributed by atoms with Gasteiger partial charge in [-0.1, -0.05) is 12.1 Å². The maximum atomic E-state index is 12.4. The molecule has 11 heteroatoms. The van der Waals surface area contributed by atoms with Crippen molar-refractivity contribution in [2.45, 2.75) is 26.0 Å². The average molecular weight is 471 g/mol. The zero-order valence-electron chi connectivity index (χ0n) is 19.1. The Morgan fingerprint density at radius 1 is 1.00 bits per heavy atom. The first kappa shape index (κ1) is 25.8. The van der Waals surface area contributed by atoms with Crippen molar-refractivity contribution in [2.24, 2.45) is 0 Å². The van der Waals surface area contributed by atoms with Crippen molar-refractivity contribution >= 4 is 35.2 Å². The molecule has 2 aromatic carbocycles. The fourth-order valence-corrected chi connectivity index (χ4v) is 2.67. The van der Waals surface area contributed by atoms with Gasteiger partial charge in [0.15, 0.2) is 6.10 Å². The molecular weight excluding hydrogens is 446 g/mol. The molecule has 0 bridgehead atoms. The Morgan fingerprint density at radius 2 is 1.62 bits per heavy atom. The normalized spacial score (nSPS) is 12.4. The van der Waals surface area contributed by atoms with E-state index in [0.717, 1.165) is 11.6 Å². The molecule has 0 aromatic heterocycles. The van der Waals surface area contributed by atoms with Crippen LogP contribution in [0.25, 0.3) is 6.08 Å². The molecule has 34 heavy (non-hydrogen) atoms. The number of rotatable bonds is 10. The molecular formula is C23H25N3O8. The van der Waals surface area contributed by atoms with Gasteiger partial charge in [0.25, 0.3) is 11.6 Å². The van der Waals surface area contributed by atoms with Gasteiger partial charge in [0.2, 0.25) is 5.91 Å². The number of nitro benzene ring substituents is 1. The van der Waals surface area contributed by atoms with Crippen LogP contribution in [0.2, 0.25) is 0 Å². The lowest BCUT2D eigenvalue weighted by Gasteiger charge is -2.17. The highest BCUT2D eigenvalue weighted by atomic mass is 16.6. The van der Waals surface area contributed by atoms with Crippen molar-refractivity contribution in [1.29, 1.82) is 0 Å². The second-order valence-electron chi connectivity index (χ2n) is 7.05. The van der Waals surface area contributed by atoms with E-state index in [4.69, 9.17) is 14.2 Å². The first-order valence-corrected chi connectivity index (χ1v) is 10.1. The van der Waals surface area contributed by atoms with E-state index in [1.165, 1.54) is 39.2 Å². The van der Waals surface area contributed by atoms with Gasteiger partial charge in [0, 0.05) is 6.08 Å². The summed E-state index contributed by atoms with van der Waals surface area (Å²) in [7, 11) is 2.90. The largest absolute Gasteiger partial charge is 0.497 e. The van der Waals surface area contributed by atoms with Crippen LogP contribution in [0.1, 0.15) is 19.4 Å². The smallest absolute Gasteiger partial charge is 0.329 e. The third-order valence-corrected chi connectivity index (χ3v) is 4.58. The summed E-state index contributed by atoms with van der Waals surface area (Å²) in [6.07, 6.45) is 1.54. The zero-order valence-corrected chi connectivity index (χ0v) is 19.1. The van der Waals surface area contributed by atoms with Crippen molar-refractivity contribution in [3.8, 4) is 11.5 Å². The predicted molar refractivity (Wildman–Crippen MR) is 123 cm³/mol. The second-order valence-corrected chi connectivity index (χ2v) is 7.05. The highest BCUT2D eigenvalue weighted by Crippen LogP contribution is 2.29. The predicted octanol–water partition coefficient (Wildman–Crippen LogP) is 2.70. The minimum Gasteiger partial charge on any atom is -0.497 e. The van der Waals surface area contributed by atoms with E-state index in [1.54, 1.807) is 37.5 Å². The van der Waals surface area contributed by atoms with Crippen molar-refractivity contribution in [2.75, 3.05) is 19.5 Å². The summed E-state index contributed by atoms with van der Waals surface area (Å²) in [6, 6.07) is 9.86. The Bertz CT molecular complexity index is 1080. The number of carbonyl (C=O) groups excluding carboxylic acids is 3. The number of nitro groups is 1. The second kappa shape index (κ2) is 12.0. The molecule has 11 nitrogen and oxygen atoms in total. The maximum Gasteiger partial charge on any atom is 0.329 e. The molecule has 2 rings (SSSR count). The van der Waals surface area contributed by atoms with E-state index in [1.807, 2.05) is 0 Å². The Kier molecular flexibility index (Phi) is 9.12. The highest BCUT2D eigenvalue weighted by molar-refractivity contribution is 5.98. The third kappa shape index (κ3) is 7.33. The number of nitrogens with zero attached hydrogens (tertiary/aromatic N) is 1. The number of methoxy groups -OCH3 is 2. The van der Waals surface area contributed by atoms with Gasteiger partial charge in [-0.25, -0.2) is 4.79 Å². The highest BCUT2D eigenvalue weighted by Gasteiger charge is 2.25. The Morgan fingerprint density at radius 3 is 2.21 bits per heavy atom. The molecule has 2 atom stereocenters. The number of hydrogen-bond donors (Lipinski definition) is 2. The number of carbonyl (C=O) groups is 3. The van der Waals surface area contributed by atoms with Crippen molar-refractivity contribution in [1.82, 2.24) is 5.32 Å². The molecule has 0 fully saturated rings. The summed E-state index contributed by atoms with van der Waals surface area (Å²) in [5.74, 6) is -1.24. The summed E-state index contributed by atoms with van der Waals surface area (Å²) in [5, 5.41) is 16.0. The molecule has 2 amide bonds. The van der Waals surface area contributed by atoms with Crippen molar-refractivity contribution in [3.05, 3.63) is 64.2 Å². The summed E-state index contributed by atoms with van der Waals surface area (Å²) in [6.45, 7) is 2.71. The number of nitrogens with one attached hydrogen (secondary N) is 2. The van der Waals surface area contributed by atoms with Crippen LogP contribution in [-0.4, -0.2) is 49.1 Å². The number of anilines is 1. The summed E-state index contributed by atoms with van der Waals surface area (Å²) in [4.78, 5) is 47.3. The maximum absolute atomic E-state index is 12.4. The van der Waals surface area contributed by atoms with Gasteiger partial charge in [-0.2, -0.15) is 0 Å². The molecule has 0 aliphatic heterocycles. The van der Waals surface area contributed by atoms with Gasteiger partial charge in [-0.15, -0.1) is 0 Å². The van der Waals surface area contributed by atoms with Gasteiger partial charge in [0.05, 0.1) is 25.2 Å². The number of hydrogen-bond acceptors (Lipinski definition) is 8. The molecule has 2 N–H and O–H groups in total. The van der Waals surface area contributed by atoms with Gasteiger partial charge < -0.3 is 24.8 Å². The van der Waals surface area contributed by atoms with Crippen molar-refractivity contribution in [3.63, 3.8) is 0 Å². The fourth-order valence-electron chi connectivity index (χ4n) is 2.67. The van der Waals surface area contributed by atoms with E-state index in [9.17, 15) is 24.5 Å². The van der Waals surface area contributed by atoms with Gasteiger partial charge in [-0.3, -0.25) is 19.7 Å². The van der Waals surface area contributed by atoms with Gasteiger partial charge >= 0.3 is 5.97 Å². The molecule has 1 unspecified atom stereocenters. The lowest BCUT2D eigenvalue weighted by Crippen LogP contribution is -2.41. The molecule has 0 spiro atoms. The number of amides is 2. The minimum atomic E-state index is -1.27. The van der Waals surface area contributed by atoms with Crippen LogP contribution in [0.3, 0.4) is 0 Å². The van der Waals surface area contributed by atoms with E-state index in [2.05, 4.69) is 10.6 Å². The molecule has 0 saturated heterocycles. The molecule has 180 valence electrons. The Balaban J connectivity index is 1.91. The minimum absolute atomic E-state index is 0.0799. The van der Waals surface area contributed by atoms with Gasteiger partial charge in [0.1, 0.15) is 23.2 Å². The van der Waals surface area contributed by atoms with Crippen LogP contribution < -0.4 is 20.1 Å². The fraction of sp³-hybridized carbons (Fsp3) is 0.261. The van der Waals surface area contributed by atoms with E-state index in [0.29, 0.717) is 5.75 Å². The lowest BCUT2D eigenvalue weighted by atomic mass is 10.2. The van der Waals surface area contributed by atoms with Crippen LogP contribution in [-0.2, 0) is 19.1 Å². The van der Waals surface area contributed by atoms with Crippen LogP contribution in [0.5, 0.6) is 11.5 Å². The van der Waals surface area contributed by atoms with Gasteiger partial charge in [-0.05, 0) is 49.8 Å². The van der Waals surface area contributed by atoms with Crippen molar-refractivity contribution < 1.29 is 33.5 Å². The molecule has 0 aliphatic rings. The average Bonchev–Trinajstić information content (AvgIpc) is 2.82. The molecule has 0 aliphatic carbocycles. The quantitative estimate of drug-likeness (QED) is 0.233. The first-order chi connectivity index (χ1) is 16.1. The Hall–Kier alpha value is -4.41. The van der Waals surface area contributed by atoms with E-state index in [-0.39, 0.29) is 17.1 Å². The van der Waals surface area contributed by atoms with E-state index >= 15 is 0 Å². The molecule has 0 heterocycles. The lowest BCUT2D eigenvalue weighted by molar-refractivity contribution is -0.384. The topological polar surface area (TPSA) is 146 Å². The Labute approximate surface area is 195 Å². The molecule has 2 aromatic rings. The van der Waals surface area contributed by atoms with Crippen LogP contribution in [0, 0.1) is 10.1 Å². The first-order valence-electron chi connectivity index (χ1n) is 10.1. The standard InChI is InChI=1S/C23H25N3O8/c1-14(24-21(27)12-7-16-5-8-17(32-3)9-6-16)23(29)34-15(2)22(28)25-19-11-10-18(33-4)13-20(19)26(30)31/h5-15H,1-4H3,(H,24,27)(H,25,28)/b12-7+/t14-,15?/m0/s1. The monoisotopic (exact) mass is 471 g/mol. The SMILES string of the molecule is COc1ccc(/C=C/C(=O)N[C@@H](C)C(=O)OC(C)C(=O)Nc2ccc(OC)cc2[N+](=O)[O-])cc1. The molecule has 0 saturated carbocycles. The zero-order chi connectivity index (χ0) is 25.3. The summed E-state index contributed by atoms with van der Waals surface area (Å²) in [5.41, 5.74) is 0.295. The van der Waals surface area contributed by atoms with Crippen LogP contribution in [0.15, 0.2) is 48.5 Å². The van der Waals surface area contributed by atoms with Crippen LogP contribution in [0.4, 0.5) is 11.4 Å². The van der Waals surface area contributed by atoms with Crippen LogP contribution >= 0.6 is 0 Å². The molecule has 0 radical (unpaired) electrons. The third-order valence-electron chi connectivity index (χ3n) is 4.58. The van der Waals surface area contributed by atoms with E-state index < -0.39 is 34.9 Å². The number of ether oxygens (including phenoxy) is 3. The number of benzene rings is 2.